The molecule has 1 unspecified atom stereocenters. The molecule has 0 aliphatic heterocycles. The van der Waals surface area contributed by atoms with Crippen LogP contribution in [0.5, 0.6) is 5.75 Å². The van der Waals surface area contributed by atoms with Gasteiger partial charge in [0.25, 0.3) is 0 Å². The highest BCUT2D eigenvalue weighted by molar-refractivity contribution is 6.31. The molecule has 3 aromatic carbocycles. The molecule has 0 radical (unpaired) electrons. The summed E-state index contributed by atoms with van der Waals surface area (Å²) >= 11 is 6.21. The topological polar surface area (TPSA) is 27.1 Å². The molecule has 1 aromatic heterocycles. The summed E-state index contributed by atoms with van der Waals surface area (Å²) in [6, 6.07) is 20.5. The van der Waals surface area contributed by atoms with Crippen LogP contribution in [0.4, 0.5) is 0 Å². The number of hydrogen-bond donors (Lipinski definition) is 0. The molecule has 0 aliphatic rings. The fourth-order valence-electron chi connectivity index (χ4n) is 3.36. The molecule has 3 nitrogen and oxygen atoms in total. The zero-order valence-electron chi connectivity index (χ0n) is 14.9. The molecule has 132 valence electrons. The van der Waals surface area contributed by atoms with Crippen molar-refractivity contribution in [1.29, 1.82) is 0 Å². The van der Waals surface area contributed by atoms with Crippen LogP contribution in [0.25, 0.3) is 21.8 Å². The normalized spacial score (nSPS) is 12.6. The summed E-state index contributed by atoms with van der Waals surface area (Å²) in [7, 11) is 0. The van der Waals surface area contributed by atoms with Crippen molar-refractivity contribution in [3.05, 3.63) is 71.5 Å². The Hall–Kier alpha value is -2.52. The van der Waals surface area contributed by atoms with Gasteiger partial charge in [-0.2, -0.15) is 0 Å². The Kier molecular flexibility index (Phi) is 4.56. The maximum Gasteiger partial charge on any atom is 0.148 e. The standard InChI is InChI=1S/C22H21ClN2O/c1-3-15(2)25-20-13-17(23)11-12-19(20)24-22(25)14-26-21-10-6-8-16-7-4-5-9-18(16)21/h4-13,15H,3,14H2,1-2H3. The minimum absolute atomic E-state index is 0.324. The fourth-order valence-corrected chi connectivity index (χ4v) is 3.52. The van der Waals surface area contributed by atoms with E-state index in [0.717, 1.165) is 39.4 Å². The van der Waals surface area contributed by atoms with Gasteiger partial charge in [0.2, 0.25) is 0 Å². The van der Waals surface area contributed by atoms with Crippen molar-refractivity contribution in [2.75, 3.05) is 0 Å². The number of imidazole rings is 1. The fraction of sp³-hybridized carbons (Fsp3) is 0.227. The van der Waals surface area contributed by atoms with Crippen molar-refractivity contribution in [3.63, 3.8) is 0 Å². The molecule has 26 heavy (non-hydrogen) atoms. The van der Waals surface area contributed by atoms with Crippen molar-refractivity contribution >= 4 is 33.4 Å². The molecule has 0 amide bonds. The highest BCUT2D eigenvalue weighted by atomic mass is 35.5. The minimum Gasteiger partial charge on any atom is -0.485 e. The number of fused-ring (bicyclic) bond motifs is 2. The van der Waals surface area contributed by atoms with E-state index in [4.69, 9.17) is 21.3 Å². The molecule has 0 spiro atoms. The largest absolute Gasteiger partial charge is 0.485 e. The first kappa shape index (κ1) is 16.9. The number of ether oxygens (including phenoxy) is 1. The number of rotatable bonds is 5. The number of aromatic nitrogens is 2. The second-order valence-corrected chi connectivity index (χ2v) is 6.99. The second-order valence-electron chi connectivity index (χ2n) is 6.55. The average molecular weight is 365 g/mol. The van der Waals surface area contributed by atoms with E-state index in [1.54, 1.807) is 0 Å². The van der Waals surface area contributed by atoms with Gasteiger partial charge in [0, 0.05) is 16.5 Å². The first-order valence-corrected chi connectivity index (χ1v) is 9.32. The summed E-state index contributed by atoms with van der Waals surface area (Å²) < 4.78 is 8.43. The quantitative estimate of drug-likeness (QED) is 0.410. The number of benzene rings is 3. The lowest BCUT2D eigenvalue weighted by atomic mass is 10.1. The summed E-state index contributed by atoms with van der Waals surface area (Å²) in [6.45, 7) is 4.80. The van der Waals surface area contributed by atoms with Gasteiger partial charge >= 0.3 is 0 Å². The lowest BCUT2D eigenvalue weighted by Gasteiger charge is -2.17. The van der Waals surface area contributed by atoms with E-state index in [9.17, 15) is 0 Å². The van der Waals surface area contributed by atoms with Gasteiger partial charge in [-0.25, -0.2) is 4.98 Å². The molecule has 1 atom stereocenters. The molecule has 4 rings (SSSR count). The SMILES string of the molecule is CCC(C)n1c(COc2cccc3ccccc23)nc2ccc(Cl)cc21. The highest BCUT2D eigenvalue weighted by Gasteiger charge is 2.16. The van der Waals surface area contributed by atoms with Crippen LogP contribution in [0, 0.1) is 0 Å². The Morgan fingerprint density at radius 3 is 2.73 bits per heavy atom. The molecule has 0 saturated carbocycles. The van der Waals surface area contributed by atoms with E-state index in [1.807, 2.05) is 42.5 Å². The third-order valence-corrected chi connectivity index (χ3v) is 5.10. The number of hydrogen-bond acceptors (Lipinski definition) is 2. The van der Waals surface area contributed by atoms with Crippen molar-refractivity contribution in [1.82, 2.24) is 9.55 Å². The zero-order valence-corrected chi connectivity index (χ0v) is 15.7. The summed E-state index contributed by atoms with van der Waals surface area (Å²) in [5.74, 6) is 1.80. The van der Waals surface area contributed by atoms with Crippen LogP contribution in [-0.4, -0.2) is 9.55 Å². The van der Waals surface area contributed by atoms with E-state index in [2.05, 4.69) is 36.6 Å². The van der Waals surface area contributed by atoms with Gasteiger partial charge in [-0.05, 0) is 43.0 Å². The molecule has 1 heterocycles. The number of nitrogens with zero attached hydrogens (tertiary/aromatic N) is 2. The molecule has 0 N–H and O–H groups in total. The first-order valence-electron chi connectivity index (χ1n) is 8.94. The lowest BCUT2D eigenvalue weighted by Crippen LogP contribution is -2.11. The van der Waals surface area contributed by atoms with Gasteiger partial charge < -0.3 is 9.30 Å². The Morgan fingerprint density at radius 2 is 1.88 bits per heavy atom. The predicted octanol–water partition coefficient (Wildman–Crippen LogP) is 6.39. The van der Waals surface area contributed by atoms with Crippen molar-refractivity contribution in [2.24, 2.45) is 0 Å². The Bertz CT molecular complexity index is 1070. The average Bonchev–Trinajstić information content (AvgIpc) is 3.03. The van der Waals surface area contributed by atoms with Crippen LogP contribution < -0.4 is 4.74 Å². The van der Waals surface area contributed by atoms with Crippen LogP contribution in [0.3, 0.4) is 0 Å². The van der Waals surface area contributed by atoms with Gasteiger partial charge in [-0.15, -0.1) is 0 Å². The van der Waals surface area contributed by atoms with E-state index in [0.29, 0.717) is 12.6 Å². The molecule has 0 fully saturated rings. The molecule has 0 bridgehead atoms. The predicted molar refractivity (Wildman–Crippen MR) is 108 cm³/mol. The minimum atomic E-state index is 0.324. The van der Waals surface area contributed by atoms with E-state index in [1.165, 1.54) is 5.39 Å². The lowest BCUT2D eigenvalue weighted by molar-refractivity contribution is 0.289. The first-order chi connectivity index (χ1) is 12.7. The van der Waals surface area contributed by atoms with Crippen LogP contribution >= 0.6 is 11.6 Å². The van der Waals surface area contributed by atoms with Crippen molar-refractivity contribution < 1.29 is 4.74 Å². The summed E-state index contributed by atoms with van der Waals surface area (Å²) in [6.07, 6.45) is 1.01. The molecular weight excluding hydrogens is 344 g/mol. The van der Waals surface area contributed by atoms with Gasteiger partial charge in [0.15, 0.2) is 0 Å². The van der Waals surface area contributed by atoms with Crippen molar-refractivity contribution in [2.45, 2.75) is 32.9 Å². The van der Waals surface area contributed by atoms with E-state index >= 15 is 0 Å². The maximum absolute atomic E-state index is 6.21. The van der Waals surface area contributed by atoms with Gasteiger partial charge in [0.1, 0.15) is 18.2 Å². The van der Waals surface area contributed by atoms with Gasteiger partial charge in [-0.3, -0.25) is 0 Å². The van der Waals surface area contributed by atoms with Crippen LogP contribution in [0.1, 0.15) is 32.1 Å². The third-order valence-electron chi connectivity index (χ3n) is 4.86. The summed E-state index contributed by atoms with van der Waals surface area (Å²) in [5.41, 5.74) is 2.01. The van der Waals surface area contributed by atoms with E-state index < -0.39 is 0 Å². The van der Waals surface area contributed by atoms with Gasteiger partial charge in [-0.1, -0.05) is 54.9 Å². The zero-order chi connectivity index (χ0) is 18.1. The van der Waals surface area contributed by atoms with Crippen molar-refractivity contribution in [3.8, 4) is 5.75 Å². The highest BCUT2D eigenvalue weighted by Crippen LogP contribution is 2.29. The number of halogens is 1. The molecule has 4 heteroatoms. The molecule has 4 aromatic rings. The van der Waals surface area contributed by atoms with Gasteiger partial charge in [0.05, 0.1) is 11.0 Å². The monoisotopic (exact) mass is 364 g/mol. The molecule has 0 saturated heterocycles. The van der Waals surface area contributed by atoms with Crippen LogP contribution in [0.15, 0.2) is 60.7 Å². The smallest absolute Gasteiger partial charge is 0.148 e. The molecular formula is C22H21ClN2O. The van der Waals surface area contributed by atoms with Crippen LogP contribution in [0.2, 0.25) is 5.02 Å². The maximum atomic E-state index is 6.21. The summed E-state index contributed by atoms with van der Waals surface area (Å²) in [4.78, 5) is 4.80. The third kappa shape index (κ3) is 3.04. The van der Waals surface area contributed by atoms with Crippen LogP contribution in [-0.2, 0) is 6.61 Å². The Morgan fingerprint density at radius 1 is 1.08 bits per heavy atom. The second kappa shape index (κ2) is 7.00. The Labute approximate surface area is 158 Å². The van der Waals surface area contributed by atoms with E-state index in [-0.39, 0.29) is 0 Å². The summed E-state index contributed by atoms with van der Waals surface area (Å²) in [5, 5.41) is 3.01. The molecule has 0 aliphatic carbocycles. The Balaban J connectivity index is 1.72.